The van der Waals surface area contributed by atoms with Crippen molar-refractivity contribution in [2.45, 2.75) is 223 Å². The Balaban J connectivity index is 2.46. The number of aliphatic hydroxyl groups is 6. The van der Waals surface area contributed by atoms with Crippen molar-refractivity contribution in [1.82, 2.24) is 5.32 Å². The van der Waals surface area contributed by atoms with E-state index in [1.807, 2.05) is 6.08 Å². The molecular weight excluding hydrogens is 638 g/mol. The van der Waals surface area contributed by atoms with Crippen LogP contribution >= 0.6 is 0 Å². The molecule has 0 aromatic rings. The van der Waals surface area contributed by atoms with Gasteiger partial charge in [-0.25, -0.2) is 0 Å². The molecule has 1 heterocycles. The Labute approximate surface area is 304 Å². The van der Waals surface area contributed by atoms with Gasteiger partial charge in [0.15, 0.2) is 6.29 Å². The van der Waals surface area contributed by atoms with Crippen molar-refractivity contribution < 1.29 is 44.9 Å². The molecule has 1 fully saturated rings. The molecule has 8 unspecified atom stereocenters. The van der Waals surface area contributed by atoms with E-state index < -0.39 is 61.5 Å². The van der Waals surface area contributed by atoms with Crippen LogP contribution in [-0.4, -0.2) is 98.7 Å². The third kappa shape index (κ3) is 22.1. The minimum Gasteiger partial charge on any atom is -0.394 e. The van der Waals surface area contributed by atoms with E-state index in [-0.39, 0.29) is 6.61 Å². The van der Waals surface area contributed by atoms with Crippen molar-refractivity contribution in [3.05, 3.63) is 12.2 Å². The summed E-state index contributed by atoms with van der Waals surface area (Å²) in [6, 6.07) is -0.972. The predicted molar refractivity (Wildman–Crippen MR) is 200 cm³/mol. The predicted octanol–water partition coefficient (Wildman–Crippen LogP) is 6.36. The van der Waals surface area contributed by atoms with E-state index in [0.717, 1.165) is 44.9 Å². The Morgan fingerprint density at radius 1 is 0.680 bits per heavy atom. The summed E-state index contributed by atoms with van der Waals surface area (Å²) in [6.07, 6.45) is 23.1. The Morgan fingerprint density at radius 3 is 1.62 bits per heavy atom. The lowest BCUT2D eigenvalue weighted by molar-refractivity contribution is -0.302. The van der Waals surface area contributed by atoms with E-state index in [9.17, 15) is 35.4 Å². The highest BCUT2D eigenvalue weighted by Gasteiger charge is 2.44. The fraction of sp³-hybridized carbons (Fsp3) is 0.925. The van der Waals surface area contributed by atoms with Gasteiger partial charge in [0.05, 0.1) is 25.4 Å². The summed E-state index contributed by atoms with van der Waals surface area (Å²) in [6.45, 7) is 3.55. The van der Waals surface area contributed by atoms with Gasteiger partial charge in [-0.15, -0.1) is 0 Å². The molecule has 0 saturated carbocycles. The highest BCUT2D eigenvalue weighted by Crippen LogP contribution is 2.22. The molecule has 0 bridgehead atoms. The molecule has 1 aliphatic rings. The average Bonchev–Trinajstić information content (AvgIpc) is 3.11. The Bertz CT molecular complexity index is 814. The van der Waals surface area contributed by atoms with Crippen LogP contribution < -0.4 is 5.32 Å². The molecule has 50 heavy (non-hydrogen) atoms. The summed E-state index contributed by atoms with van der Waals surface area (Å²) in [5.41, 5.74) is 0. The first-order valence-electron chi connectivity index (χ1n) is 20.5. The molecule has 0 aromatic heterocycles. The molecular formula is C40H77NO9. The lowest BCUT2D eigenvalue weighted by Crippen LogP contribution is -2.60. The van der Waals surface area contributed by atoms with Crippen LogP contribution in [0.5, 0.6) is 0 Å². The molecule has 0 aliphatic carbocycles. The molecule has 1 saturated heterocycles. The monoisotopic (exact) mass is 716 g/mol. The van der Waals surface area contributed by atoms with Gasteiger partial charge in [0.2, 0.25) is 5.91 Å². The molecule has 1 rings (SSSR count). The zero-order chi connectivity index (χ0) is 36.8. The maximum atomic E-state index is 12.9. The number of allylic oxidation sites excluding steroid dienone is 1. The fourth-order valence-electron chi connectivity index (χ4n) is 6.51. The van der Waals surface area contributed by atoms with E-state index in [2.05, 4.69) is 19.2 Å². The first-order valence-corrected chi connectivity index (χ1v) is 20.5. The van der Waals surface area contributed by atoms with E-state index in [0.29, 0.717) is 6.42 Å². The molecule has 0 spiro atoms. The molecule has 10 nitrogen and oxygen atoms in total. The van der Waals surface area contributed by atoms with Gasteiger partial charge in [-0.2, -0.15) is 0 Å². The summed E-state index contributed by atoms with van der Waals surface area (Å²) in [5.74, 6) is -0.620. The number of rotatable bonds is 33. The van der Waals surface area contributed by atoms with Gasteiger partial charge in [0, 0.05) is 0 Å². The van der Waals surface area contributed by atoms with Gasteiger partial charge in [0.1, 0.15) is 30.5 Å². The number of carbonyl (C=O) groups is 1. The molecule has 10 heteroatoms. The van der Waals surface area contributed by atoms with Crippen LogP contribution in [0.4, 0.5) is 0 Å². The lowest BCUT2D eigenvalue weighted by atomic mass is 9.99. The van der Waals surface area contributed by atoms with E-state index in [4.69, 9.17) is 9.47 Å². The summed E-state index contributed by atoms with van der Waals surface area (Å²) >= 11 is 0. The largest absolute Gasteiger partial charge is 0.394 e. The molecule has 1 aliphatic heterocycles. The van der Waals surface area contributed by atoms with Crippen molar-refractivity contribution in [2.75, 3.05) is 13.2 Å². The molecule has 296 valence electrons. The normalized spacial score (nSPS) is 22.9. The first kappa shape index (κ1) is 46.9. The number of nitrogens with one attached hydrogen (secondary N) is 1. The summed E-state index contributed by atoms with van der Waals surface area (Å²) in [4.78, 5) is 12.9. The lowest BCUT2D eigenvalue weighted by Gasteiger charge is -2.40. The van der Waals surface area contributed by atoms with Crippen LogP contribution in [0.25, 0.3) is 0 Å². The third-order valence-electron chi connectivity index (χ3n) is 9.97. The first-order chi connectivity index (χ1) is 24.3. The van der Waals surface area contributed by atoms with Gasteiger partial charge < -0.3 is 45.4 Å². The Hall–Kier alpha value is -1.11. The van der Waals surface area contributed by atoms with Crippen molar-refractivity contribution in [2.24, 2.45) is 0 Å². The van der Waals surface area contributed by atoms with Gasteiger partial charge >= 0.3 is 0 Å². The average molecular weight is 716 g/mol. The summed E-state index contributed by atoms with van der Waals surface area (Å²) < 4.78 is 11.1. The summed E-state index contributed by atoms with van der Waals surface area (Å²) in [5, 5.41) is 64.2. The van der Waals surface area contributed by atoms with Crippen LogP contribution in [0.1, 0.15) is 174 Å². The quantitative estimate of drug-likeness (QED) is 0.0302. The van der Waals surface area contributed by atoms with Crippen molar-refractivity contribution in [1.29, 1.82) is 0 Å². The molecule has 8 atom stereocenters. The van der Waals surface area contributed by atoms with Crippen LogP contribution in [0.3, 0.4) is 0 Å². The number of unbranched alkanes of at least 4 members (excludes halogenated alkanes) is 22. The SMILES string of the molecule is CCCCCCCCCCCCCCCCC/C=C/C(O)C(COC1OC(CO)C(O)C(O)C1O)NC(=O)C(O)CCCCCCCCCC. The van der Waals surface area contributed by atoms with Crippen LogP contribution in [-0.2, 0) is 14.3 Å². The van der Waals surface area contributed by atoms with Crippen LogP contribution in [0.15, 0.2) is 12.2 Å². The number of carbonyl (C=O) groups excluding carboxylic acids is 1. The smallest absolute Gasteiger partial charge is 0.249 e. The van der Waals surface area contributed by atoms with E-state index in [1.54, 1.807) is 6.08 Å². The Morgan fingerprint density at radius 2 is 1.14 bits per heavy atom. The minimum absolute atomic E-state index is 0.302. The maximum absolute atomic E-state index is 12.9. The number of ether oxygens (including phenoxy) is 2. The highest BCUT2D eigenvalue weighted by molar-refractivity contribution is 5.80. The molecule has 0 aromatic carbocycles. The molecule has 0 radical (unpaired) electrons. The van der Waals surface area contributed by atoms with Gasteiger partial charge in [-0.05, 0) is 19.3 Å². The third-order valence-corrected chi connectivity index (χ3v) is 9.97. The van der Waals surface area contributed by atoms with Crippen molar-refractivity contribution >= 4 is 5.91 Å². The number of aliphatic hydroxyl groups excluding tert-OH is 6. The van der Waals surface area contributed by atoms with Crippen molar-refractivity contribution in [3.8, 4) is 0 Å². The zero-order valence-corrected chi connectivity index (χ0v) is 31.8. The minimum atomic E-state index is -1.60. The summed E-state index contributed by atoms with van der Waals surface area (Å²) in [7, 11) is 0. The molecule has 7 N–H and O–H groups in total. The molecule has 1 amide bonds. The van der Waals surface area contributed by atoms with Crippen molar-refractivity contribution in [3.63, 3.8) is 0 Å². The van der Waals surface area contributed by atoms with Crippen LogP contribution in [0, 0.1) is 0 Å². The number of hydrogen-bond acceptors (Lipinski definition) is 9. The number of amides is 1. The fourth-order valence-corrected chi connectivity index (χ4v) is 6.51. The second-order valence-electron chi connectivity index (χ2n) is 14.6. The highest BCUT2D eigenvalue weighted by atomic mass is 16.7. The standard InChI is InChI=1S/C40H77NO9/c1-3-5-7-9-11-13-14-15-16-17-18-19-20-21-23-24-26-28-33(43)32(31-49-40-38(47)37(46)36(45)35(30-42)50-40)41-39(48)34(44)29-27-25-22-12-10-8-6-4-2/h26,28,32-38,40,42-47H,3-25,27,29-31H2,1-2H3,(H,41,48)/b28-26+. The van der Waals surface area contributed by atoms with Gasteiger partial charge in [0.25, 0.3) is 0 Å². The van der Waals surface area contributed by atoms with Gasteiger partial charge in [-0.1, -0.05) is 167 Å². The van der Waals surface area contributed by atoms with E-state index >= 15 is 0 Å². The maximum Gasteiger partial charge on any atom is 0.249 e. The second-order valence-corrected chi connectivity index (χ2v) is 14.6. The van der Waals surface area contributed by atoms with E-state index in [1.165, 1.54) is 109 Å². The Kier molecular flexibility index (Phi) is 29.5. The number of hydrogen-bond donors (Lipinski definition) is 7. The second kappa shape index (κ2) is 31.4. The zero-order valence-electron chi connectivity index (χ0n) is 31.8. The van der Waals surface area contributed by atoms with Crippen LogP contribution in [0.2, 0.25) is 0 Å². The van der Waals surface area contributed by atoms with Gasteiger partial charge in [-0.3, -0.25) is 4.79 Å². The topological polar surface area (TPSA) is 169 Å².